The Labute approximate surface area is 178 Å². The summed E-state index contributed by atoms with van der Waals surface area (Å²) in [4.78, 5) is 14.9. The number of benzene rings is 1. The molecule has 0 saturated heterocycles. The number of hydrogen-bond acceptors (Lipinski definition) is 7. The second-order valence-corrected chi connectivity index (χ2v) is 6.49. The van der Waals surface area contributed by atoms with E-state index in [2.05, 4.69) is 34.4 Å². The number of ether oxygens (including phenoxy) is 3. The number of nitrogens with one attached hydrogen (secondary N) is 1. The van der Waals surface area contributed by atoms with E-state index in [1.165, 1.54) is 4.68 Å². The molecule has 2 rings (SSSR count). The number of amides is 1. The van der Waals surface area contributed by atoms with E-state index in [1.54, 1.807) is 12.3 Å². The zero-order valence-electron chi connectivity index (χ0n) is 18.3. The Balaban J connectivity index is 1.97. The lowest BCUT2D eigenvalue weighted by molar-refractivity contribution is -0.145. The van der Waals surface area contributed by atoms with E-state index in [-0.39, 0.29) is 11.6 Å². The first-order chi connectivity index (χ1) is 14.6. The molecule has 0 aliphatic heterocycles. The Morgan fingerprint density at radius 2 is 1.83 bits per heavy atom. The summed E-state index contributed by atoms with van der Waals surface area (Å²) in [6.45, 7) is 12.8. The molecule has 0 aliphatic rings. The van der Waals surface area contributed by atoms with Crippen molar-refractivity contribution < 1.29 is 19.0 Å². The molecule has 1 amide bonds. The molecule has 9 heteroatoms. The fraction of sp³-hybridized carbons (Fsp3) is 0.571. The molecule has 0 spiro atoms. The highest BCUT2D eigenvalue weighted by Crippen LogP contribution is 2.24. The summed E-state index contributed by atoms with van der Waals surface area (Å²) >= 11 is 0. The van der Waals surface area contributed by atoms with Gasteiger partial charge >= 0.3 is 0 Å². The summed E-state index contributed by atoms with van der Waals surface area (Å²) in [6, 6.07) is 7.36. The molecule has 0 radical (unpaired) electrons. The third-order valence-corrected chi connectivity index (χ3v) is 4.51. The van der Waals surface area contributed by atoms with Crippen molar-refractivity contribution in [3.63, 3.8) is 0 Å². The zero-order valence-corrected chi connectivity index (χ0v) is 18.3. The van der Waals surface area contributed by atoms with Crippen LogP contribution in [0.2, 0.25) is 0 Å². The topological polar surface area (TPSA) is 90.7 Å². The zero-order chi connectivity index (χ0) is 21.8. The van der Waals surface area contributed by atoms with Crippen molar-refractivity contribution in [2.75, 3.05) is 44.8 Å². The first-order valence-corrected chi connectivity index (χ1v) is 10.5. The molecule has 0 saturated carbocycles. The smallest absolute Gasteiger partial charge is 0.277 e. The second kappa shape index (κ2) is 12.9. The van der Waals surface area contributed by atoms with E-state index in [0.29, 0.717) is 37.8 Å². The largest absolute Gasteiger partial charge is 0.490 e. The van der Waals surface area contributed by atoms with E-state index < -0.39 is 6.29 Å². The second-order valence-electron chi connectivity index (χ2n) is 6.49. The van der Waals surface area contributed by atoms with Gasteiger partial charge in [-0.3, -0.25) is 4.79 Å². The van der Waals surface area contributed by atoms with Gasteiger partial charge in [0.2, 0.25) is 0 Å². The quantitative estimate of drug-likeness (QED) is 0.471. The minimum absolute atomic E-state index is 0.208. The van der Waals surface area contributed by atoms with Crippen LogP contribution in [0.4, 0.5) is 5.69 Å². The highest BCUT2D eigenvalue weighted by atomic mass is 16.7. The maximum atomic E-state index is 12.6. The van der Waals surface area contributed by atoms with Crippen molar-refractivity contribution in [1.82, 2.24) is 19.9 Å². The van der Waals surface area contributed by atoms with Gasteiger partial charge in [-0.1, -0.05) is 31.2 Å². The van der Waals surface area contributed by atoms with E-state index in [9.17, 15) is 4.79 Å². The summed E-state index contributed by atoms with van der Waals surface area (Å²) in [5, 5.41) is 10.8. The van der Waals surface area contributed by atoms with Gasteiger partial charge in [-0.2, -0.15) is 0 Å². The molecule has 30 heavy (non-hydrogen) atoms. The van der Waals surface area contributed by atoms with Crippen LogP contribution in [-0.4, -0.2) is 71.5 Å². The molecule has 1 aromatic heterocycles. The van der Waals surface area contributed by atoms with E-state index in [4.69, 9.17) is 14.2 Å². The SMILES string of the molecule is CCOC(Cn1cc(C(=O)Nc2ccccc2OCCN(CC)CC)nn1)OCC. The fourth-order valence-corrected chi connectivity index (χ4v) is 2.88. The number of likely N-dealkylation sites (N-methyl/N-ethyl adjacent to an activating group) is 1. The van der Waals surface area contributed by atoms with Gasteiger partial charge < -0.3 is 24.4 Å². The summed E-state index contributed by atoms with van der Waals surface area (Å²) in [5.41, 5.74) is 0.804. The van der Waals surface area contributed by atoms with Gasteiger partial charge in [0, 0.05) is 19.8 Å². The number of nitrogens with zero attached hydrogens (tertiary/aromatic N) is 4. The average molecular weight is 420 g/mol. The Morgan fingerprint density at radius 3 is 2.50 bits per heavy atom. The van der Waals surface area contributed by atoms with Crippen LogP contribution in [0.15, 0.2) is 30.5 Å². The molecule has 2 aromatic rings. The van der Waals surface area contributed by atoms with Gasteiger partial charge in [-0.05, 0) is 39.1 Å². The Morgan fingerprint density at radius 1 is 1.13 bits per heavy atom. The minimum atomic E-state index is -0.433. The Kier molecular flexibility index (Phi) is 10.3. The molecule has 0 atom stereocenters. The fourth-order valence-electron chi connectivity index (χ4n) is 2.88. The van der Waals surface area contributed by atoms with Gasteiger partial charge in [0.25, 0.3) is 5.91 Å². The lowest BCUT2D eigenvalue weighted by Crippen LogP contribution is -2.28. The highest BCUT2D eigenvalue weighted by Gasteiger charge is 2.16. The molecule has 1 aromatic carbocycles. The van der Waals surface area contributed by atoms with E-state index >= 15 is 0 Å². The molecule has 0 unspecified atom stereocenters. The molecule has 0 fully saturated rings. The lowest BCUT2D eigenvalue weighted by Gasteiger charge is -2.19. The van der Waals surface area contributed by atoms with Crippen LogP contribution in [-0.2, 0) is 16.0 Å². The molecule has 1 heterocycles. The third-order valence-electron chi connectivity index (χ3n) is 4.51. The molecule has 1 N–H and O–H groups in total. The molecule has 0 bridgehead atoms. The summed E-state index contributed by atoms with van der Waals surface area (Å²) in [7, 11) is 0. The Bertz CT molecular complexity index is 757. The standard InChI is InChI=1S/C21H33N5O4/c1-5-25(6-2)13-14-30-19-12-10-9-11-17(19)22-21(27)18-15-26(24-23-18)16-20(28-7-3)29-8-4/h9-12,15,20H,5-8,13-14,16H2,1-4H3,(H,22,27). The number of para-hydroxylation sites is 2. The van der Waals surface area contributed by atoms with Crippen molar-refractivity contribution in [1.29, 1.82) is 0 Å². The van der Waals surface area contributed by atoms with Crippen molar-refractivity contribution in [2.24, 2.45) is 0 Å². The third kappa shape index (κ3) is 7.40. The van der Waals surface area contributed by atoms with Gasteiger partial charge in [0.1, 0.15) is 12.4 Å². The number of aromatic nitrogens is 3. The van der Waals surface area contributed by atoms with E-state index in [1.807, 2.05) is 32.0 Å². The predicted octanol–water partition coefficient (Wildman–Crippen LogP) is 2.65. The average Bonchev–Trinajstić information content (AvgIpc) is 3.21. The number of carbonyl (C=O) groups is 1. The lowest BCUT2D eigenvalue weighted by atomic mass is 10.3. The van der Waals surface area contributed by atoms with Gasteiger partial charge in [-0.15, -0.1) is 5.10 Å². The van der Waals surface area contributed by atoms with E-state index in [0.717, 1.165) is 19.6 Å². The number of rotatable bonds is 14. The van der Waals surface area contributed by atoms with Crippen LogP contribution >= 0.6 is 0 Å². The normalized spacial score (nSPS) is 11.3. The van der Waals surface area contributed by atoms with Crippen LogP contribution in [0.1, 0.15) is 38.2 Å². The first-order valence-electron chi connectivity index (χ1n) is 10.5. The number of hydrogen-bond donors (Lipinski definition) is 1. The molecular weight excluding hydrogens is 386 g/mol. The number of carbonyl (C=O) groups excluding carboxylic acids is 1. The number of anilines is 1. The van der Waals surface area contributed by atoms with Crippen LogP contribution < -0.4 is 10.1 Å². The van der Waals surface area contributed by atoms with Crippen LogP contribution in [0.3, 0.4) is 0 Å². The first kappa shape index (κ1) is 23.8. The maximum Gasteiger partial charge on any atom is 0.277 e. The van der Waals surface area contributed by atoms with Crippen molar-refractivity contribution in [3.05, 3.63) is 36.2 Å². The molecule has 166 valence electrons. The monoisotopic (exact) mass is 419 g/mol. The van der Waals surface area contributed by atoms with Crippen LogP contribution in [0, 0.1) is 0 Å². The van der Waals surface area contributed by atoms with Crippen LogP contribution in [0.25, 0.3) is 0 Å². The molecule has 9 nitrogen and oxygen atoms in total. The van der Waals surface area contributed by atoms with Crippen molar-refractivity contribution >= 4 is 11.6 Å². The Hall–Kier alpha value is -2.49. The minimum Gasteiger partial charge on any atom is -0.490 e. The summed E-state index contributed by atoms with van der Waals surface area (Å²) < 4.78 is 18.4. The molecular formula is C21H33N5O4. The van der Waals surface area contributed by atoms with Gasteiger partial charge in [-0.25, -0.2) is 4.68 Å². The van der Waals surface area contributed by atoms with Crippen molar-refractivity contribution in [3.8, 4) is 5.75 Å². The van der Waals surface area contributed by atoms with Gasteiger partial charge in [0.05, 0.1) is 18.4 Å². The summed E-state index contributed by atoms with van der Waals surface area (Å²) in [5.74, 6) is 0.267. The predicted molar refractivity (Wildman–Crippen MR) is 115 cm³/mol. The van der Waals surface area contributed by atoms with Gasteiger partial charge in [0.15, 0.2) is 12.0 Å². The molecule has 0 aliphatic carbocycles. The highest BCUT2D eigenvalue weighted by molar-refractivity contribution is 6.03. The summed E-state index contributed by atoms with van der Waals surface area (Å²) in [6.07, 6.45) is 1.14. The maximum absolute atomic E-state index is 12.6. The van der Waals surface area contributed by atoms with Crippen LogP contribution in [0.5, 0.6) is 5.75 Å². The van der Waals surface area contributed by atoms with Crippen molar-refractivity contribution in [2.45, 2.75) is 40.5 Å².